The van der Waals surface area contributed by atoms with Gasteiger partial charge in [-0.1, -0.05) is 109 Å². The number of hydrogen-bond donors (Lipinski definition) is 1. The Morgan fingerprint density at radius 2 is 1.69 bits per heavy atom. The van der Waals surface area contributed by atoms with Crippen LogP contribution < -0.4 is 20.4 Å². The second kappa shape index (κ2) is 18.2. The number of fused-ring (bicyclic) bond motifs is 3. The number of benzene rings is 4. The molecule has 0 bridgehead atoms. The fourth-order valence-corrected chi connectivity index (χ4v) is 13.6. The lowest BCUT2D eigenvalue weighted by atomic mass is 9.82. The van der Waals surface area contributed by atoms with Gasteiger partial charge in [0.25, 0.3) is 11.5 Å². The molecular weight excluding hydrogens is 781 g/mol. The first kappa shape index (κ1) is 43.5. The highest BCUT2D eigenvalue weighted by atomic mass is 28.3. The Morgan fingerprint density at radius 3 is 2.39 bits per heavy atom. The number of anilines is 1. The van der Waals surface area contributed by atoms with Gasteiger partial charge in [-0.15, -0.1) is 0 Å². The van der Waals surface area contributed by atoms with Crippen molar-refractivity contribution in [2.75, 3.05) is 31.7 Å². The summed E-state index contributed by atoms with van der Waals surface area (Å²) in [6.07, 6.45) is 7.18. The number of aliphatic hydroxyl groups excluding tert-OH is 1. The maximum atomic E-state index is 15.6. The highest BCUT2D eigenvalue weighted by molar-refractivity contribution is 6.91. The molecule has 61 heavy (non-hydrogen) atoms. The van der Waals surface area contributed by atoms with Crippen molar-refractivity contribution in [1.29, 1.82) is 0 Å². The summed E-state index contributed by atoms with van der Waals surface area (Å²) in [5.74, 6) is 0.0212. The Hall–Kier alpha value is -5.62. The molecule has 5 aromatic rings. The van der Waals surface area contributed by atoms with Crippen LogP contribution in [0.15, 0.2) is 131 Å². The third kappa shape index (κ3) is 8.51. The lowest BCUT2D eigenvalue weighted by molar-refractivity contribution is -0.149. The van der Waals surface area contributed by atoms with E-state index < -0.39 is 19.8 Å². The minimum absolute atomic E-state index is 0.0214. The van der Waals surface area contributed by atoms with Crippen LogP contribution in [0.5, 0.6) is 5.75 Å². The van der Waals surface area contributed by atoms with E-state index in [4.69, 9.17) is 9.47 Å². The summed E-state index contributed by atoms with van der Waals surface area (Å²) in [5.41, 5.74) is 3.35. The summed E-state index contributed by atoms with van der Waals surface area (Å²) in [6, 6.07) is 30.9. The second-order valence-corrected chi connectivity index (χ2v) is 22.0. The van der Waals surface area contributed by atoms with Crippen molar-refractivity contribution in [3.05, 3.63) is 148 Å². The monoisotopic (exact) mass is 838 g/mol. The second-order valence-electron chi connectivity index (χ2n) is 17.3. The van der Waals surface area contributed by atoms with Crippen molar-refractivity contribution in [2.45, 2.75) is 83.8 Å². The number of ether oxygens (including phenoxy) is 2. The SMILES string of the molecule is COc1ccc([Si](C)(C)[C@H]2[C@H](CC(=O)N(CCO)Cc3ccccc3)O[C@@]3(C(=O)N(C/C=C(\C)CCC=C(C)C)c4ccc(-n5ncc6ccccc6c5=O)cc43)[C@@H]2C)cc1. The molecule has 4 aromatic carbocycles. The molecule has 11 heteroatoms. The molecule has 0 saturated carbocycles. The maximum Gasteiger partial charge on any atom is 0.279 e. The summed E-state index contributed by atoms with van der Waals surface area (Å²) in [7, 11) is -0.956. The van der Waals surface area contributed by atoms with Crippen LogP contribution in [-0.4, -0.2) is 72.6 Å². The van der Waals surface area contributed by atoms with E-state index in [9.17, 15) is 14.7 Å². The highest BCUT2D eigenvalue weighted by Gasteiger charge is 2.66. The standard InChI is InChI=1S/C50H58N4O6Si/c1-34(2)14-13-15-35(3)26-27-53-44-25-20-39(54-48(57)42-19-12-11-18-38(42)32-51-54)30-43(44)50(49(53)58)36(4)47(61(6,7)41-23-21-40(59-5)22-24-41)45(60-50)31-46(56)52(28-29-55)33-37-16-9-8-10-17-37/h8-12,14,16-26,30,32,36,45,47,55H,13,15,27-29,31,33H2,1-7H3/b35-26+/t36-,45+,47-,50+/m1/s1. The summed E-state index contributed by atoms with van der Waals surface area (Å²) < 4.78 is 14.3. The van der Waals surface area contributed by atoms with Crippen LogP contribution in [0.25, 0.3) is 16.5 Å². The summed E-state index contributed by atoms with van der Waals surface area (Å²) in [6.45, 7) is 13.6. The number of hydrogen-bond acceptors (Lipinski definition) is 7. The molecule has 0 radical (unpaired) electrons. The van der Waals surface area contributed by atoms with Gasteiger partial charge in [-0.05, 0) is 81.1 Å². The number of methoxy groups -OCH3 is 1. The van der Waals surface area contributed by atoms with Gasteiger partial charge in [0.2, 0.25) is 5.91 Å². The van der Waals surface area contributed by atoms with Crippen molar-refractivity contribution < 1.29 is 24.2 Å². The molecule has 0 aliphatic carbocycles. The first-order valence-corrected chi connectivity index (χ1v) is 24.4. The van der Waals surface area contributed by atoms with Crippen molar-refractivity contribution >= 4 is 41.5 Å². The predicted octanol–water partition coefficient (Wildman–Crippen LogP) is 8.06. The van der Waals surface area contributed by atoms with Crippen molar-refractivity contribution in [2.24, 2.45) is 5.92 Å². The van der Waals surface area contributed by atoms with Crippen LogP contribution in [-0.2, 0) is 26.5 Å². The fraction of sp³-hybridized carbons (Fsp3) is 0.360. The van der Waals surface area contributed by atoms with Gasteiger partial charge in [-0.2, -0.15) is 9.78 Å². The minimum atomic E-state index is -2.60. The molecule has 1 N–H and O–H groups in total. The van der Waals surface area contributed by atoms with Crippen LogP contribution in [0.3, 0.4) is 0 Å². The molecule has 7 rings (SSSR count). The fourth-order valence-electron chi connectivity index (χ4n) is 9.54. The van der Waals surface area contributed by atoms with Gasteiger partial charge in [-0.3, -0.25) is 14.4 Å². The van der Waals surface area contributed by atoms with E-state index >= 15 is 4.79 Å². The number of rotatable bonds is 15. The first-order valence-electron chi connectivity index (χ1n) is 21.3. The van der Waals surface area contributed by atoms with Gasteiger partial charge in [0.15, 0.2) is 5.60 Å². The first-order chi connectivity index (χ1) is 29.3. The molecular formula is C50H58N4O6Si. The van der Waals surface area contributed by atoms with Gasteiger partial charge >= 0.3 is 0 Å². The van der Waals surface area contributed by atoms with Gasteiger partial charge in [0, 0.05) is 36.5 Å². The molecule has 3 heterocycles. The molecule has 318 valence electrons. The number of amides is 2. The summed E-state index contributed by atoms with van der Waals surface area (Å²) >= 11 is 0. The van der Waals surface area contributed by atoms with Crippen LogP contribution in [0, 0.1) is 5.92 Å². The quantitative estimate of drug-likeness (QED) is 0.0839. The Balaban J connectivity index is 1.36. The Bertz CT molecular complexity index is 2510. The van der Waals surface area contributed by atoms with E-state index in [1.807, 2.05) is 83.8 Å². The number of carbonyl (C=O) groups is 2. The molecule has 2 aliphatic heterocycles. The number of allylic oxidation sites excluding steroid dienone is 3. The third-order valence-electron chi connectivity index (χ3n) is 12.8. The predicted molar refractivity (Wildman–Crippen MR) is 245 cm³/mol. The Labute approximate surface area is 360 Å². The molecule has 1 fully saturated rings. The van der Waals surface area contributed by atoms with Crippen LogP contribution in [0.1, 0.15) is 58.1 Å². The summed E-state index contributed by atoms with van der Waals surface area (Å²) in [5, 5.41) is 17.1. The van der Waals surface area contributed by atoms with Gasteiger partial charge in [0.05, 0.1) is 57.3 Å². The molecule has 2 amide bonds. The zero-order chi connectivity index (χ0) is 43.5. The van der Waals surface area contributed by atoms with E-state index in [1.54, 1.807) is 24.3 Å². The van der Waals surface area contributed by atoms with Crippen LogP contribution in [0.4, 0.5) is 5.69 Å². The molecule has 0 unspecified atom stereocenters. The molecule has 10 nitrogen and oxygen atoms in total. The zero-order valence-electron chi connectivity index (χ0n) is 36.4. The van der Waals surface area contributed by atoms with E-state index in [2.05, 4.69) is 70.2 Å². The molecule has 1 spiro atoms. The van der Waals surface area contributed by atoms with E-state index in [-0.39, 0.29) is 48.4 Å². The highest BCUT2D eigenvalue weighted by Crippen LogP contribution is 2.60. The molecule has 1 aromatic heterocycles. The van der Waals surface area contributed by atoms with E-state index in [0.717, 1.165) is 34.7 Å². The van der Waals surface area contributed by atoms with Crippen molar-refractivity contribution in [3.8, 4) is 11.4 Å². The van der Waals surface area contributed by atoms with Crippen LogP contribution in [0.2, 0.25) is 18.6 Å². The van der Waals surface area contributed by atoms with E-state index in [0.29, 0.717) is 35.4 Å². The molecule has 4 atom stereocenters. The van der Waals surface area contributed by atoms with Gasteiger partial charge < -0.3 is 24.4 Å². The topological polar surface area (TPSA) is 114 Å². The number of aliphatic hydroxyl groups is 1. The molecule has 1 saturated heterocycles. The smallest absolute Gasteiger partial charge is 0.279 e. The number of carbonyl (C=O) groups excluding carboxylic acids is 2. The Morgan fingerprint density at radius 1 is 0.967 bits per heavy atom. The number of nitrogens with zero attached hydrogens (tertiary/aromatic N) is 4. The largest absolute Gasteiger partial charge is 0.497 e. The lowest BCUT2D eigenvalue weighted by Gasteiger charge is -2.37. The number of aromatic nitrogens is 2. The average Bonchev–Trinajstić information content (AvgIpc) is 3.68. The van der Waals surface area contributed by atoms with Gasteiger partial charge in [-0.25, -0.2) is 0 Å². The normalized spacial score (nSPS) is 20.0. The summed E-state index contributed by atoms with van der Waals surface area (Å²) in [4.78, 5) is 47.6. The van der Waals surface area contributed by atoms with Crippen molar-refractivity contribution in [1.82, 2.24) is 14.7 Å². The van der Waals surface area contributed by atoms with Gasteiger partial charge in [0.1, 0.15) is 5.75 Å². The molecule has 2 aliphatic rings. The Kier molecular flexibility index (Phi) is 12.9. The zero-order valence-corrected chi connectivity index (χ0v) is 37.4. The minimum Gasteiger partial charge on any atom is -0.497 e. The van der Waals surface area contributed by atoms with Crippen molar-refractivity contribution in [3.63, 3.8) is 0 Å². The maximum absolute atomic E-state index is 15.6. The average molecular weight is 839 g/mol. The lowest BCUT2D eigenvalue weighted by Crippen LogP contribution is -2.52. The van der Waals surface area contributed by atoms with Crippen LogP contribution >= 0.6 is 0 Å². The van der Waals surface area contributed by atoms with E-state index in [1.165, 1.54) is 15.8 Å². The third-order valence-corrected chi connectivity index (χ3v) is 17.1.